The Labute approximate surface area is 102 Å². The van der Waals surface area contributed by atoms with Crippen molar-refractivity contribution in [2.24, 2.45) is 5.73 Å². The second kappa shape index (κ2) is 5.36. The Morgan fingerprint density at radius 1 is 1.47 bits per heavy atom. The van der Waals surface area contributed by atoms with E-state index in [0.717, 1.165) is 32.2 Å². The molecule has 4 heteroatoms. The van der Waals surface area contributed by atoms with Gasteiger partial charge in [0, 0.05) is 18.6 Å². The molecule has 1 fully saturated rings. The Morgan fingerprint density at radius 2 is 2.18 bits per heavy atom. The van der Waals surface area contributed by atoms with E-state index in [-0.39, 0.29) is 5.91 Å². The van der Waals surface area contributed by atoms with Crippen molar-refractivity contribution < 1.29 is 9.21 Å². The molecule has 0 radical (unpaired) electrons. The van der Waals surface area contributed by atoms with Crippen LogP contribution in [0.1, 0.15) is 43.0 Å². The van der Waals surface area contributed by atoms with Crippen LogP contribution in [0.5, 0.6) is 0 Å². The maximum absolute atomic E-state index is 12.3. The molecule has 1 aliphatic rings. The van der Waals surface area contributed by atoms with E-state index in [9.17, 15) is 4.79 Å². The first-order chi connectivity index (χ1) is 8.22. The number of furan rings is 1. The first-order valence-corrected chi connectivity index (χ1v) is 6.31. The van der Waals surface area contributed by atoms with E-state index < -0.39 is 0 Å². The Balaban J connectivity index is 2.03. The van der Waals surface area contributed by atoms with Gasteiger partial charge in [0.15, 0.2) is 0 Å². The number of carbonyl (C=O) groups excluding carboxylic acids is 1. The summed E-state index contributed by atoms with van der Waals surface area (Å²) in [7, 11) is 0. The third-order valence-corrected chi connectivity index (χ3v) is 3.55. The van der Waals surface area contributed by atoms with Crippen LogP contribution in [0.15, 0.2) is 23.0 Å². The molecule has 2 rings (SSSR count). The topological polar surface area (TPSA) is 59.5 Å². The summed E-state index contributed by atoms with van der Waals surface area (Å²) in [6.07, 6.45) is 7.11. The Hall–Kier alpha value is -1.29. The number of hydrogen-bond acceptors (Lipinski definition) is 3. The van der Waals surface area contributed by atoms with Crippen LogP contribution < -0.4 is 5.73 Å². The number of rotatable bonds is 3. The Morgan fingerprint density at radius 3 is 2.71 bits per heavy atom. The minimum atomic E-state index is 0.0710. The zero-order valence-corrected chi connectivity index (χ0v) is 10.3. The summed E-state index contributed by atoms with van der Waals surface area (Å²) in [5.74, 6) is 0.0710. The molecular formula is C13H20N2O2. The second-order valence-electron chi connectivity index (χ2n) is 4.67. The molecule has 0 saturated heterocycles. The molecule has 1 aromatic rings. The summed E-state index contributed by atoms with van der Waals surface area (Å²) in [5.41, 5.74) is 6.53. The molecule has 0 spiro atoms. The highest BCUT2D eigenvalue weighted by atomic mass is 16.3. The first kappa shape index (κ1) is 12.2. The van der Waals surface area contributed by atoms with Gasteiger partial charge in [-0.05, 0) is 38.7 Å². The zero-order chi connectivity index (χ0) is 12.3. The van der Waals surface area contributed by atoms with E-state index >= 15 is 0 Å². The molecule has 1 saturated carbocycles. The monoisotopic (exact) mass is 236 g/mol. The lowest BCUT2D eigenvalue weighted by Gasteiger charge is -2.35. The van der Waals surface area contributed by atoms with Gasteiger partial charge >= 0.3 is 0 Å². The van der Waals surface area contributed by atoms with Crippen molar-refractivity contribution in [3.8, 4) is 0 Å². The highest BCUT2D eigenvalue weighted by Gasteiger charge is 2.27. The normalized spacial score (nSPS) is 24.6. The molecule has 17 heavy (non-hydrogen) atoms. The summed E-state index contributed by atoms with van der Waals surface area (Å²) in [5, 5.41) is 0. The second-order valence-corrected chi connectivity index (χ2v) is 4.67. The minimum Gasteiger partial charge on any atom is -0.472 e. The average molecular weight is 236 g/mol. The van der Waals surface area contributed by atoms with Gasteiger partial charge in [-0.2, -0.15) is 0 Å². The van der Waals surface area contributed by atoms with Crippen molar-refractivity contribution >= 4 is 5.91 Å². The molecule has 1 aromatic heterocycles. The van der Waals surface area contributed by atoms with Gasteiger partial charge in [0.05, 0.1) is 11.8 Å². The maximum atomic E-state index is 12.3. The van der Waals surface area contributed by atoms with E-state index in [1.165, 1.54) is 12.5 Å². The van der Waals surface area contributed by atoms with Gasteiger partial charge in [-0.15, -0.1) is 0 Å². The van der Waals surface area contributed by atoms with Crippen LogP contribution in [0.2, 0.25) is 0 Å². The standard InChI is InChI=1S/C13H20N2O2/c1-2-15(12-5-3-11(14)4-6-12)13(16)10-7-8-17-9-10/h7-9,11-12H,2-6,14H2,1H3. The third-order valence-electron chi connectivity index (χ3n) is 3.55. The van der Waals surface area contributed by atoms with Crippen LogP contribution in [0.4, 0.5) is 0 Å². The summed E-state index contributed by atoms with van der Waals surface area (Å²) < 4.78 is 4.97. The summed E-state index contributed by atoms with van der Waals surface area (Å²) >= 11 is 0. The average Bonchev–Trinajstić information content (AvgIpc) is 2.86. The molecule has 0 aromatic carbocycles. The fourth-order valence-electron chi connectivity index (χ4n) is 2.53. The van der Waals surface area contributed by atoms with E-state index in [4.69, 9.17) is 10.2 Å². The quantitative estimate of drug-likeness (QED) is 0.873. The summed E-state index contributed by atoms with van der Waals surface area (Å²) in [6.45, 7) is 2.76. The van der Waals surface area contributed by atoms with Gasteiger partial charge in [0.1, 0.15) is 6.26 Å². The van der Waals surface area contributed by atoms with Crippen molar-refractivity contribution in [3.05, 3.63) is 24.2 Å². The fourth-order valence-corrected chi connectivity index (χ4v) is 2.53. The lowest BCUT2D eigenvalue weighted by Crippen LogP contribution is -2.44. The zero-order valence-electron chi connectivity index (χ0n) is 10.3. The van der Waals surface area contributed by atoms with Crippen molar-refractivity contribution in [1.29, 1.82) is 0 Å². The van der Waals surface area contributed by atoms with Crippen molar-refractivity contribution in [2.75, 3.05) is 6.54 Å². The van der Waals surface area contributed by atoms with Crippen LogP contribution in [-0.2, 0) is 0 Å². The van der Waals surface area contributed by atoms with Gasteiger partial charge in [-0.1, -0.05) is 0 Å². The SMILES string of the molecule is CCN(C(=O)c1ccoc1)C1CCC(N)CC1. The van der Waals surface area contributed by atoms with Crippen LogP contribution in [0, 0.1) is 0 Å². The fraction of sp³-hybridized carbons (Fsp3) is 0.615. The van der Waals surface area contributed by atoms with E-state index in [0.29, 0.717) is 17.6 Å². The Kier molecular flexibility index (Phi) is 3.84. The number of nitrogens with zero attached hydrogens (tertiary/aromatic N) is 1. The van der Waals surface area contributed by atoms with Crippen LogP contribution in [0.3, 0.4) is 0 Å². The van der Waals surface area contributed by atoms with E-state index in [1.807, 2.05) is 11.8 Å². The number of nitrogens with two attached hydrogens (primary N) is 1. The molecule has 0 atom stereocenters. The predicted molar refractivity (Wildman–Crippen MR) is 65.6 cm³/mol. The van der Waals surface area contributed by atoms with Gasteiger partial charge in [0.25, 0.3) is 5.91 Å². The molecule has 1 amide bonds. The largest absolute Gasteiger partial charge is 0.472 e. The van der Waals surface area contributed by atoms with Gasteiger partial charge < -0.3 is 15.1 Å². The van der Waals surface area contributed by atoms with Gasteiger partial charge in [0.2, 0.25) is 0 Å². The molecule has 4 nitrogen and oxygen atoms in total. The van der Waals surface area contributed by atoms with Gasteiger partial charge in [-0.3, -0.25) is 4.79 Å². The molecular weight excluding hydrogens is 216 g/mol. The third kappa shape index (κ3) is 2.69. The lowest BCUT2D eigenvalue weighted by molar-refractivity contribution is 0.0640. The number of carbonyl (C=O) groups is 1. The summed E-state index contributed by atoms with van der Waals surface area (Å²) in [6, 6.07) is 2.37. The Bertz CT molecular complexity index is 354. The molecule has 0 aliphatic heterocycles. The van der Waals surface area contributed by atoms with Crippen molar-refractivity contribution in [3.63, 3.8) is 0 Å². The maximum Gasteiger partial charge on any atom is 0.257 e. The van der Waals surface area contributed by atoms with Gasteiger partial charge in [-0.25, -0.2) is 0 Å². The number of amides is 1. The van der Waals surface area contributed by atoms with Crippen molar-refractivity contribution in [1.82, 2.24) is 4.90 Å². The van der Waals surface area contributed by atoms with E-state index in [2.05, 4.69) is 0 Å². The molecule has 0 bridgehead atoms. The molecule has 2 N–H and O–H groups in total. The van der Waals surface area contributed by atoms with Crippen LogP contribution in [-0.4, -0.2) is 29.4 Å². The van der Waals surface area contributed by atoms with Crippen LogP contribution >= 0.6 is 0 Å². The predicted octanol–water partition coefficient (Wildman–Crippen LogP) is 2.01. The lowest BCUT2D eigenvalue weighted by atomic mass is 9.90. The molecule has 1 aliphatic carbocycles. The highest BCUT2D eigenvalue weighted by molar-refractivity contribution is 5.94. The smallest absolute Gasteiger partial charge is 0.257 e. The van der Waals surface area contributed by atoms with E-state index in [1.54, 1.807) is 6.07 Å². The summed E-state index contributed by atoms with van der Waals surface area (Å²) in [4.78, 5) is 14.2. The minimum absolute atomic E-state index is 0.0710. The highest BCUT2D eigenvalue weighted by Crippen LogP contribution is 2.23. The molecule has 1 heterocycles. The number of hydrogen-bond donors (Lipinski definition) is 1. The first-order valence-electron chi connectivity index (χ1n) is 6.31. The van der Waals surface area contributed by atoms with Crippen molar-refractivity contribution in [2.45, 2.75) is 44.7 Å². The molecule has 94 valence electrons. The van der Waals surface area contributed by atoms with Crippen LogP contribution in [0.25, 0.3) is 0 Å². The molecule has 0 unspecified atom stereocenters.